The van der Waals surface area contributed by atoms with E-state index in [1.165, 1.54) is 12.1 Å². The number of phenols is 2. The van der Waals surface area contributed by atoms with Crippen LogP contribution in [-0.2, 0) is 0 Å². The molecule has 3 N–H and O–H groups in total. The Morgan fingerprint density at radius 2 is 1.71 bits per heavy atom. The Kier molecular flexibility index (Phi) is 4.04. The van der Waals surface area contributed by atoms with Crippen molar-refractivity contribution in [1.82, 2.24) is 5.32 Å². The number of methoxy groups -OCH3 is 1. The highest BCUT2D eigenvalue weighted by Gasteiger charge is 2.13. The van der Waals surface area contributed by atoms with Crippen molar-refractivity contribution in [1.29, 1.82) is 0 Å². The number of aryl methyl sites for hydroxylation is 1. The smallest absolute Gasteiger partial charge is 0.158 e. The maximum atomic E-state index is 9.73. The first-order valence-corrected chi connectivity index (χ1v) is 7.54. The van der Waals surface area contributed by atoms with Crippen molar-refractivity contribution in [2.24, 2.45) is 0 Å². The van der Waals surface area contributed by atoms with Gasteiger partial charge < -0.3 is 20.3 Å². The van der Waals surface area contributed by atoms with E-state index in [0.717, 1.165) is 39.4 Å². The highest BCUT2D eigenvalue weighted by atomic mass is 16.5. The molecule has 4 nitrogen and oxygen atoms in total. The number of rotatable bonds is 3. The molecule has 24 heavy (non-hydrogen) atoms. The van der Waals surface area contributed by atoms with Crippen LogP contribution in [0.15, 0.2) is 60.8 Å². The molecule has 0 amide bonds. The maximum absolute atomic E-state index is 9.73. The van der Waals surface area contributed by atoms with Gasteiger partial charge in [0.1, 0.15) is 5.75 Å². The molecule has 2 aromatic rings. The molecule has 0 fully saturated rings. The molecule has 1 heterocycles. The summed E-state index contributed by atoms with van der Waals surface area (Å²) in [4.78, 5) is 0. The quantitative estimate of drug-likeness (QED) is 0.749. The van der Waals surface area contributed by atoms with Crippen LogP contribution in [0.5, 0.6) is 17.2 Å². The van der Waals surface area contributed by atoms with Crippen molar-refractivity contribution in [2.75, 3.05) is 7.11 Å². The Morgan fingerprint density at radius 3 is 2.42 bits per heavy atom. The van der Waals surface area contributed by atoms with Crippen molar-refractivity contribution in [2.45, 2.75) is 6.92 Å². The highest BCUT2D eigenvalue weighted by Crippen LogP contribution is 2.33. The summed E-state index contributed by atoms with van der Waals surface area (Å²) in [7, 11) is 1.65. The molecule has 122 valence electrons. The number of phenolic OH excluding ortho intramolecular Hbond substituents is 2. The molecular formula is C20H19NO3. The standard InChI is InChI=1S/C20H19NO3/c1-12-4-5-15(11-20(12)24-3)17-9-16(8-13(2)21-17)14-6-7-18(22)19(23)10-14/h4-11,21-23H,2H2,1,3H3. The van der Waals surface area contributed by atoms with E-state index in [1.54, 1.807) is 13.2 Å². The Hall–Kier alpha value is -3.14. The van der Waals surface area contributed by atoms with E-state index in [9.17, 15) is 10.2 Å². The third kappa shape index (κ3) is 2.99. The van der Waals surface area contributed by atoms with E-state index >= 15 is 0 Å². The summed E-state index contributed by atoms with van der Waals surface area (Å²) in [5.74, 6) is 0.531. The number of ether oxygens (including phenoxy) is 1. The zero-order valence-electron chi connectivity index (χ0n) is 13.6. The van der Waals surface area contributed by atoms with Crippen LogP contribution in [0.2, 0.25) is 0 Å². The fourth-order valence-corrected chi connectivity index (χ4v) is 2.64. The van der Waals surface area contributed by atoms with E-state index in [1.807, 2.05) is 37.3 Å². The minimum Gasteiger partial charge on any atom is -0.504 e. The summed E-state index contributed by atoms with van der Waals surface area (Å²) < 4.78 is 5.39. The number of hydrogen-bond acceptors (Lipinski definition) is 4. The van der Waals surface area contributed by atoms with Crippen molar-refractivity contribution < 1.29 is 14.9 Å². The van der Waals surface area contributed by atoms with Gasteiger partial charge in [-0.3, -0.25) is 0 Å². The van der Waals surface area contributed by atoms with Gasteiger partial charge in [-0.1, -0.05) is 24.8 Å². The highest BCUT2D eigenvalue weighted by molar-refractivity contribution is 5.88. The third-order valence-corrected chi connectivity index (χ3v) is 3.95. The second kappa shape index (κ2) is 6.16. The van der Waals surface area contributed by atoms with Crippen molar-refractivity contribution in [3.05, 3.63) is 77.5 Å². The van der Waals surface area contributed by atoms with Gasteiger partial charge in [0.25, 0.3) is 0 Å². The van der Waals surface area contributed by atoms with Gasteiger partial charge in [0.05, 0.1) is 7.11 Å². The molecule has 0 bridgehead atoms. The number of dihydropyridines is 1. The van der Waals surface area contributed by atoms with Gasteiger partial charge in [0.15, 0.2) is 11.5 Å². The van der Waals surface area contributed by atoms with Gasteiger partial charge in [-0.05, 0) is 54.0 Å². The van der Waals surface area contributed by atoms with E-state index in [2.05, 4.69) is 11.9 Å². The number of nitrogens with one attached hydrogen (secondary N) is 1. The monoisotopic (exact) mass is 321 g/mol. The summed E-state index contributed by atoms with van der Waals surface area (Å²) in [6, 6.07) is 10.7. The van der Waals surface area contributed by atoms with Crippen LogP contribution in [0.25, 0.3) is 11.3 Å². The molecule has 1 aliphatic rings. The summed E-state index contributed by atoms with van der Waals surface area (Å²) >= 11 is 0. The molecule has 3 rings (SSSR count). The second-order valence-electron chi connectivity index (χ2n) is 5.70. The summed E-state index contributed by atoms with van der Waals surface area (Å²) in [5.41, 5.74) is 5.37. The average Bonchev–Trinajstić information content (AvgIpc) is 2.57. The summed E-state index contributed by atoms with van der Waals surface area (Å²) in [5, 5.41) is 22.5. The normalized spacial score (nSPS) is 13.8. The van der Waals surface area contributed by atoms with Crippen LogP contribution in [0.3, 0.4) is 0 Å². The fourth-order valence-electron chi connectivity index (χ4n) is 2.64. The van der Waals surface area contributed by atoms with Gasteiger partial charge >= 0.3 is 0 Å². The van der Waals surface area contributed by atoms with E-state index in [4.69, 9.17) is 4.74 Å². The predicted molar refractivity (Wildman–Crippen MR) is 95.7 cm³/mol. The zero-order valence-corrected chi connectivity index (χ0v) is 13.6. The summed E-state index contributed by atoms with van der Waals surface area (Å²) in [6.45, 7) is 5.99. The lowest BCUT2D eigenvalue weighted by molar-refractivity contribution is 0.403. The van der Waals surface area contributed by atoms with Gasteiger partial charge in [-0.2, -0.15) is 0 Å². The van der Waals surface area contributed by atoms with Gasteiger partial charge in [-0.25, -0.2) is 0 Å². The van der Waals surface area contributed by atoms with Crippen LogP contribution in [0.4, 0.5) is 0 Å². The van der Waals surface area contributed by atoms with E-state index in [-0.39, 0.29) is 11.5 Å². The van der Waals surface area contributed by atoms with Crippen LogP contribution in [-0.4, -0.2) is 17.3 Å². The SMILES string of the molecule is C=C1C=C(c2ccc(O)c(O)c2)C=C(c2ccc(C)c(OC)c2)N1. The zero-order chi connectivity index (χ0) is 17.3. The van der Waals surface area contributed by atoms with Crippen LogP contribution in [0.1, 0.15) is 16.7 Å². The molecule has 0 aromatic heterocycles. The van der Waals surface area contributed by atoms with Crippen molar-refractivity contribution >= 4 is 11.3 Å². The number of benzene rings is 2. The maximum Gasteiger partial charge on any atom is 0.158 e. The summed E-state index contributed by atoms with van der Waals surface area (Å²) in [6.07, 6.45) is 3.87. The predicted octanol–water partition coefficient (Wildman–Crippen LogP) is 3.96. The van der Waals surface area contributed by atoms with E-state index < -0.39 is 0 Å². The number of hydrogen-bond donors (Lipinski definition) is 3. The molecule has 2 aromatic carbocycles. The molecule has 0 spiro atoms. The van der Waals surface area contributed by atoms with Crippen molar-refractivity contribution in [3.8, 4) is 17.2 Å². The Morgan fingerprint density at radius 1 is 0.958 bits per heavy atom. The third-order valence-electron chi connectivity index (χ3n) is 3.95. The molecule has 0 aliphatic carbocycles. The molecule has 4 heteroatoms. The molecular weight excluding hydrogens is 302 g/mol. The van der Waals surface area contributed by atoms with Gasteiger partial charge in [0, 0.05) is 17.0 Å². The van der Waals surface area contributed by atoms with Crippen LogP contribution >= 0.6 is 0 Å². The first kappa shape index (κ1) is 15.7. The minimum absolute atomic E-state index is 0.139. The molecule has 0 radical (unpaired) electrons. The first-order valence-electron chi connectivity index (χ1n) is 7.54. The number of allylic oxidation sites excluding steroid dienone is 3. The molecule has 0 atom stereocenters. The molecule has 0 unspecified atom stereocenters. The molecule has 0 saturated carbocycles. The first-order chi connectivity index (χ1) is 11.5. The Labute approximate surface area is 141 Å². The topological polar surface area (TPSA) is 61.7 Å². The number of aromatic hydroxyl groups is 2. The lowest BCUT2D eigenvalue weighted by Crippen LogP contribution is -2.13. The van der Waals surface area contributed by atoms with Crippen LogP contribution < -0.4 is 10.1 Å². The van der Waals surface area contributed by atoms with E-state index in [0.29, 0.717) is 0 Å². The Bertz CT molecular complexity index is 878. The lowest BCUT2D eigenvalue weighted by Gasteiger charge is -2.19. The minimum atomic E-state index is -0.149. The fraction of sp³-hybridized carbons (Fsp3) is 0.100. The van der Waals surface area contributed by atoms with Crippen molar-refractivity contribution in [3.63, 3.8) is 0 Å². The van der Waals surface area contributed by atoms with Gasteiger partial charge in [-0.15, -0.1) is 0 Å². The molecule has 0 saturated heterocycles. The lowest BCUT2D eigenvalue weighted by atomic mass is 9.97. The van der Waals surface area contributed by atoms with Crippen LogP contribution in [0, 0.1) is 6.92 Å². The largest absolute Gasteiger partial charge is 0.504 e. The molecule has 1 aliphatic heterocycles. The second-order valence-corrected chi connectivity index (χ2v) is 5.70. The van der Waals surface area contributed by atoms with Gasteiger partial charge in [0.2, 0.25) is 0 Å². The Balaban J connectivity index is 2.03. The average molecular weight is 321 g/mol.